The molecule has 1 aliphatic carbocycles. The molecule has 1 saturated carbocycles. The number of hydrogen-bond donors (Lipinski definition) is 1. The van der Waals surface area contributed by atoms with Crippen LogP contribution in [0.1, 0.15) is 32.1 Å². The Kier molecular flexibility index (Phi) is 5.79. The maximum absolute atomic E-state index is 13.3. The monoisotopic (exact) mass is 426 g/mol. The Hall–Kier alpha value is -2.50. The normalized spacial score (nSPS) is 15.7. The minimum Gasteiger partial charge on any atom is -0.337 e. The predicted molar refractivity (Wildman–Crippen MR) is 113 cm³/mol. The molecule has 0 saturated heterocycles. The Morgan fingerprint density at radius 1 is 1.24 bits per heavy atom. The lowest BCUT2D eigenvalue weighted by Gasteiger charge is -2.31. The van der Waals surface area contributed by atoms with Crippen LogP contribution in [0.5, 0.6) is 0 Å². The number of fused-ring (bicyclic) bond motifs is 1. The van der Waals surface area contributed by atoms with Crippen molar-refractivity contribution in [2.75, 3.05) is 5.75 Å². The highest BCUT2D eigenvalue weighted by molar-refractivity contribution is 8.00. The lowest BCUT2D eigenvalue weighted by molar-refractivity contribution is -0.120. The summed E-state index contributed by atoms with van der Waals surface area (Å²) in [4.78, 5) is 22.1. The quantitative estimate of drug-likeness (QED) is 0.462. The Labute approximate surface area is 176 Å². The van der Waals surface area contributed by atoms with E-state index in [0.29, 0.717) is 17.9 Å². The molecule has 1 aromatic carbocycles. The van der Waals surface area contributed by atoms with Gasteiger partial charge in [0, 0.05) is 10.9 Å². The van der Waals surface area contributed by atoms with Crippen molar-refractivity contribution in [2.45, 2.75) is 42.7 Å². The number of hydrogen-bond acceptors (Lipinski definition) is 6. The van der Waals surface area contributed by atoms with E-state index in [0.717, 1.165) is 40.6 Å². The highest BCUT2D eigenvalue weighted by atomic mass is 32.2. The van der Waals surface area contributed by atoms with Crippen molar-refractivity contribution in [1.29, 1.82) is 5.26 Å². The molecule has 2 aromatic heterocycles. The summed E-state index contributed by atoms with van der Waals surface area (Å²) < 4.78 is 13.3. The fourth-order valence-corrected chi connectivity index (χ4v) is 5.45. The van der Waals surface area contributed by atoms with Crippen LogP contribution < -0.4 is 5.32 Å². The van der Waals surface area contributed by atoms with Crippen LogP contribution in [0.3, 0.4) is 0 Å². The van der Waals surface area contributed by atoms with Crippen molar-refractivity contribution in [2.24, 2.45) is 0 Å². The lowest BCUT2D eigenvalue weighted by atomic mass is 9.83. The van der Waals surface area contributed by atoms with Crippen LogP contribution in [0, 0.1) is 17.1 Å². The summed E-state index contributed by atoms with van der Waals surface area (Å²) in [7, 11) is 0. The van der Waals surface area contributed by atoms with Crippen LogP contribution >= 0.6 is 23.1 Å². The molecule has 0 bridgehead atoms. The van der Waals surface area contributed by atoms with Gasteiger partial charge in [-0.2, -0.15) is 5.26 Å². The zero-order valence-electron chi connectivity index (χ0n) is 15.7. The number of nitriles is 1. The predicted octanol–water partition coefficient (Wildman–Crippen LogP) is 4.93. The van der Waals surface area contributed by atoms with E-state index in [4.69, 9.17) is 0 Å². The molecule has 0 aliphatic heterocycles. The van der Waals surface area contributed by atoms with E-state index in [1.807, 2.05) is 5.38 Å². The minimum absolute atomic E-state index is 0.163. The number of benzene rings is 1. The maximum atomic E-state index is 13.3. The number of thioether (sulfide) groups is 1. The van der Waals surface area contributed by atoms with Crippen LogP contribution in [0.2, 0.25) is 0 Å². The van der Waals surface area contributed by atoms with Gasteiger partial charge in [0.1, 0.15) is 27.5 Å². The van der Waals surface area contributed by atoms with Gasteiger partial charge in [-0.3, -0.25) is 4.79 Å². The molecule has 0 radical (unpaired) electrons. The second-order valence-electron chi connectivity index (χ2n) is 7.11. The summed E-state index contributed by atoms with van der Waals surface area (Å²) in [5.74, 6) is -0.275. The molecule has 1 fully saturated rings. The van der Waals surface area contributed by atoms with E-state index in [-0.39, 0.29) is 17.5 Å². The van der Waals surface area contributed by atoms with Gasteiger partial charge in [0.2, 0.25) is 5.91 Å². The molecule has 0 unspecified atom stereocenters. The first-order valence-electron chi connectivity index (χ1n) is 9.43. The minimum atomic E-state index is -0.738. The van der Waals surface area contributed by atoms with Gasteiger partial charge in [-0.25, -0.2) is 14.4 Å². The van der Waals surface area contributed by atoms with Gasteiger partial charge in [0.25, 0.3) is 0 Å². The SMILES string of the molecule is N#CC1(NC(=O)CSc2ncnc3scc(-c4ccc(F)cc4)c23)CCCCC1. The average Bonchev–Trinajstić information content (AvgIpc) is 3.18. The molecular weight excluding hydrogens is 407 g/mol. The molecule has 4 rings (SSSR count). The van der Waals surface area contributed by atoms with Gasteiger partial charge >= 0.3 is 0 Å². The largest absolute Gasteiger partial charge is 0.337 e. The van der Waals surface area contributed by atoms with Crippen molar-refractivity contribution < 1.29 is 9.18 Å². The number of aromatic nitrogens is 2. The summed E-state index contributed by atoms with van der Waals surface area (Å²) in [6.07, 6.45) is 5.93. The fraction of sp³-hybridized carbons (Fsp3) is 0.333. The fourth-order valence-electron chi connectivity index (χ4n) is 3.66. The summed E-state index contributed by atoms with van der Waals surface area (Å²) in [5, 5.41) is 16.1. The molecule has 0 spiro atoms. The molecular formula is C21H19FN4OS2. The van der Waals surface area contributed by atoms with E-state index < -0.39 is 5.54 Å². The molecule has 1 N–H and O–H groups in total. The van der Waals surface area contributed by atoms with Crippen molar-refractivity contribution >= 4 is 39.2 Å². The van der Waals surface area contributed by atoms with Crippen molar-refractivity contribution in [1.82, 2.24) is 15.3 Å². The van der Waals surface area contributed by atoms with Gasteiger partial charge in [-0.1, -0.05) is 43.2 Å². The van der Waals surface area contributed by atoms with Crippen molar-refractivity contribution in [3.05, 3.63) is 41.8 Å². The third kappa shape index (κ3) is 4.26. The van der Waals surface area contributed by atoms with Gasteiger partial charge in [-0.15, -0.1) is 11.3 Å². The number of nitrogens with one attached hydrogen (secondary N) is 1. The van der Waals surface area contributed by atoms with Crippen LogP contribution in [-0.2, 0) is 4.79 Å². The van der Waals surface area contributed by atoms with E-state index in [1.165, 1.54) is 41.6 Å². The second-order valence-corrected chi connectivity index (χ2v) is 8.93. The Balaban J connectivity index is 1.54. The van der Waals surface area contributed by atoms with E-state index in [9.17, 15) is 14.4 Å². The Bertz CT molecular complexity index is 1070. The number of nitrogens with zero attached hydrogens (tertiary/aromatic N) is 3. The highest BCUT2D eigenvalue weighted by Gasteiger charge is 2.33. The highest BCUT2D eigenvalue weighted by Crippen LogP contribution is 2.38. The smallest absolute Gasteiger partial charge is 0.231 e. The average molecular weight is 427 g/mol. The first kappa shape index (κ1) is 19.8. The molecule has 1 amide bonds. The zero-order valence-corrected chi connectivity index (χ0v) is 17.3. The van der Waals surface area contributed by atoms with Gasteiger partial charge < -0.3 is 5.32 Å². The maximum Gasteiger partial charge on any atom is 0.231 e. The van der Waals surface area contributed by atoms with Crippen molar-refractivity contribution in [3.8, 4) is 17.2 Å². The van der Waals surface area contributed by atoms with Crippen LogP contribution in [0.4, 0.5) is 4.39 Å². The second kappa shape index (κ2) is 8.47. The summed E-state index contributed by atoms with van der Waals surface area (Å²) in [6.45, 7) is 0. The van der Waals surface area contributed by atoms with E-state index in [1.54, 1.807) is 12.1 Å². The molecule has 0 atom stereocenters. The number of carbonyl (C=O) groups excluding carboxylic acids is 1. The van der Waals surface area contributed by atoms with E-state index in [2.05, 4.69) is 21.4 Å². The Morgan fingerprint density at radius 2 is 2.00 bits per heavy atom. The number of thiophene rings is 1. The van der Waals surface area contributed by atoms with Crippen molar-refractivity contribution in [3.63, 3.8) is 0 Å². The summed E-state index contributed by atoms with van der Waals surface area (Å²) in [6, 6.07) is 8.62. The Morgan fingerprint density at radius 3 is 2.72 bits per heavy atom. The van der Waals surface area contributed by atoms with Gasteiger partial charge in [0.15, 0.2) is 0 Å². The van der Waals surface area contributed by atoms with Gasteiger partial charge in [-0.05, 0) is 30.5 Å². The van der Waals surface area contributed by atoms with E-state index >= 15 is 0 Å². The topological polar surface area (TPSA) is 78.7 Å². The first-order chi connectivity index (χ1) is 14.1. The number of carbonyl (C=O) groups is 1. The number of rotatable bonds is 5. The molecule has 2 heterocycles. The number of amides is 1. The summed E-state index contributed by atoms with van der Waals surface area (Å²) in [5.41, 5.74) is 1.07. The summed E-state index contributed by atoms with van der Waals surface area (Å²) >= 11 is 2.82. The van der Waals surface area contributed by atoms with Gasteiger partial charge in [0.05, 0.1) is 17.2 Å². The molecule has 3 aromatic rings. The third-order valence-electron chi connectivity index (χ3n) is 5.13. The molecule has 8 heteroatoms. The molecule has 1 aliphatic rings. The first-order valence-corrected chi connectivity index (χ1v) is 11.3. The zero-order chi connectivity index (χ0) is 20.3. The molecule has 29 heavy (non-hydrogen) atoms. The van der Waals surface area contributed by atoms with Crippen LogP contribution in [-0.4, -0.2) is 27.2 Å². The molecule has 5 nitrogen and oxygen atoms in total. The number of halogens is 1. The standard InChI is InChI=1S/C21H19FN4OS2/c22-15-6-4-14(5-7-15)16-10-28-19-18(16)20(25-13-24-19)29-11-17(27)26-21(12-23)8-2-1-3-9-21/h4-7,10,13H,1-3,8-9,11H2,(H,26,27). The molecule has 148 valence electrons. The lowest BCUT2D eigenvalue weighted by Crippen LogP contribution is -2.49. The van der Waals surface area contributed by atoms with Crippen LogP contribution in [0.15, 0.2) is 41.0 Å². The van der Waals surface area contributed by atoms with Crippen LogP contribution in [0.25, 0.3) is 21.3 Å². The third-order valence-corrected chi connectivity index (χ3v) is 7.01.